The van der Waals surface area contributed by atoms with Gasteiger partial charge in [0.05, 0.1) is 11.8 Å². The number of carboxylic acids is 1. The highest BCUT2D eigenvalue weighted by molar-refractivity contribution is 5.81. The fourth-order valence-corrected chi connectivity index (χ4v) is 14.7. The van der Waals surface area contributed by atoms with Gasteiger partial charge in [0.25, 0.3) is 0 Å². The van der Waals surface area contributed by atoms with Gasteiger partial charge in [0.2, 0.25) is 5.91 Å². The minimum Gasteiger partial charge on any atom is -0.481 e. The molecule has 6 aliphatic carbocycles. The van der Waals surface area contributed by atoms with Crippen LogP contribution in [0.25, 0.3) is 0 Å². The first-order valence-corrected chi connectivity index (χ1v) is 21.2. The topological polar surface area (TPSA) is 95.9 Å². The van der Waals surface area contributed by atoms with Gasteiger partial charge in [-0.3, -0.25) is 14.4 Å². The van der Waals surface area contributed by atoms with E-state index in [0.29, 0.717) is 59.9 Å². The van der Waals surface area contributed by atoms with E-state index in [1.54, 1.807) is 13.8 Å². The Labute approximate surface area is 316 Å². The molecular weight excluding hydrogens is 649 g/mol. The summed E-state index contributed by atoms with van der Waals surface area (Å²) in [6.07, 6.45) is 15.1. The van der Waals surface area contributed by atoms with E-state index in [1.165, 1.54) is 37.7 Å². The maximum atomic E-state index is 13.9. The first kappa shape index (κ1) is 39.8. The van der Waals surface area contributed by atoms with E-state index in [2.05, 4.69) is 72.4 Å². The molecule has 6 fully saturated rings. The number of nitrogens with one attached hydrogen (secondary N) is 1. The maximum absolute atomic E-state index is 13.9. The minimum atomic E-state index is -1.14. The molecular formula is C45H74N2O5. The fourth-order valence-electron chi connectivity index (χ4n) is 14.7. The fraction of sp³-hybridized carbons (Fsp3) is 0.889. The zero-order chi connectivity index (χ0) is 38.2. The summed E-state index contributed by atoms with van der Waals surface area (Å²) in [6, 6.07) is 0.942. The molecule has 0 aromatic rings. The van der Waals surface area contributed by atoms with E-state index in [9.17, 15) is 19.5 Å². The quantitative estimate of drug-likeness (QED) is 0.182. The molecule has 6 rings (SSSR count). The van der Waals surface area contributed by atoms with E-state index >= 15 is 0 Å². The van der Waals surface area contributed by atoms with Crippen molar-refractivity contribution in [3.05, 3.63) is 12.2 Å². The predicted octanol–water partition coefficient (Wildman–Crippen LogP) is 9.29. The summed E-state index contributed by atoms with van der Waals surface area (Å²) in [5.41, 5.74) is 0.451. The molecule has 6 saturated carbocycles. The number of ether oxygens (including phenoxy) is 1. The molecule has 0 aliphatic heterocycles. The van der Waals surface area contributed by atoms with E-state index < -0.39 is 11.4 Å². The number of fused-ring (bicyclic) bond motifs is 7. The van der Waals surface area contributed by atoms with Gasteiger partial charge in [-0.1, -0.05) is 46.8 Å². The lowest BCUT2D eigenvalue weighted by Gasteiger charge is -2.73. The SMILES string of the molecule is C=C(C)[C@@H]1CCC2[C@@H](CC(=O)N[C@H]3CC[C@H](N(C)C)CC3)C[C@]3(C)[C@H](CC[C@@H]4[C@@]5(C)CC[C@H](OC(=O)CC(C)(C)C(=O)O)C(C)(C)[C@@H]5CC[C@]43C)[C@H]21. The molecule has 0 radical (unpaired) electrons. The van der Waals surface area contributed by atoms with Crippen molar-refractivity contribution in [3.8, 4) is 0 Å². The van der Waals surface area contributed by atoms with Gasteiger partial charge in [-0.25, -0.2) is 0 Å². The number of aliphatic carboxylic acids is 1. The summed E-state index contributed by atoms with van der Waals surface area (Å²) in [6.45, 7) is 22.5. The Kier molecular flexibility index (Phi) is 10.7. The molecule has 6 aliphatic rings. The van der Waals surface area contributed by atoms with Gasteiger partial charge in [0.1, 0.15) is 6.10 Å². The molecule has 7 heteroatoms. The molecule has 0 aromatic carbocycles. The number of carboxylic acid groups (broad SMARTS) is 1. The Balaban J connectivity index is 1.23. The Hall–Kier alpha value is -1.89. The molecule has 1 unspecified atom stereocenters. The third-order valence-electron chi connectivity index (χ3n) is 17.7. The van der Waals surface area contributed by atoms with Crippen LogP contribution >= 0.6 is 0 Å². The molecule has 0 heterocycles. The number of carbonyl (C=O) groups is 3. The Morgan fingerprint density at radius 3 is 2.15 bits per heavy atom. The highest BCUT2D eigenvalue weighted by Crippen LogP contribution is 2.77. The van der Waals surface area contributed by atoms with Crippen LogP contribution in [-0.2, 0) is 19.1 Å². The highest BCUT2D eigenvalue weighted by atomic mass is 16.5. The van der Waals surface area contributed by atoms with Gasteiger partial charge in [-0.2, -0.15) is 0 Å². The molecule has 52 heavy (non-hydrogen) atoms. The average Bonchev–Trinajstić information content (AvgIpc) is 3.49. The lowest BCUT2D eigenvalue weighted by atomic mass is 9.32. The van der Waals surface area contributed by atoms with Crippen molar-refractivity contribution in [2.24, 2.45) is 68.5 Å². The Morgan fingerprint density at radius 1 is 0.865 bits per heavy atom. The first-order valence-electron chi connectivity index (χ1n) is 21.2. The predicted molar refractivity (Wildman–Crippen MR) is 207 cm³/mol. The smallest absolute Gasteiger partial charge is 0.309 e. The number of rotatable bonds is 9. The van der Waals surface area contributed by atoms with Crippen LogP contribution < -0.4 is 5.32 Å². The maximum Gasteiger partial charge on any atom is 0.309 e. The lowest BCUT2D eigenvalue weighted by molar-refractivity contribution is -0.249. The zero-order valence-electron chi connectivity index (χ0n) is 34.6. The van der Waals surface area contributed by atoms with Crippen LogP contribution in [-0.4, -0.2) is 60.1 Å². The molecule has 7 nitrogen and oxygen atoms in total. The third kappa shape index (κ3) is 6.61. The summed E-state index contributed by atoms with van der Waals surface area (Å²) in [4.78, 5) is 41.2. The minimum absolute atomic E-state index is 0.110. The number of esters is 1. The van der Waals surface area contributed by atoms with E-state index in [1.807, 2.05) is 0 Å². The number of hydrogen-bond donors (Lipinski definition) is 2. The average molecular weight is 723 g/mol. The van der Waals surface area contributed by atoms with Crippen molar-refractivity contribution in [2.45, 2.75) is 170 Å². The largest absolute Gasteiger partial charge is 0.481 e. The second-order valence-corrected chi connectivity index (χ2v) is 21.3. The lowest BCUT2D eigenvalue weighted by Crippen LogP contribution is -2.67. The summed E-state index contributed by atoms with van der Waals surface area (Å²) in [5, 5.41) is 13.2. The van der Waals surface area contributed by atoms with Crippen LogP contribution in [0.5, 0.6) is 0 Å². The van der Waals surface area contributed by atoms with Crippen molar-refractivity contribution in [1.29, 1.82) is 0 Å². The number of carbonyl (C=O) groups excluding carboxylic acids is 2. The van der Waals surface area contributed by atoms with E-state index in [-0.39, 0.29) is 46.1 Å². The molecule has 0 bridgehead atoms. The van der Waals surface area contributed by atoms with Gasteiger partial charge >= 0.3 is 11.9 Å². The highest BCUT2D eigenvalue weighted by Gasteiger charge is 2.70. The normalized spacial score (nSPS) is 44.1. The van der Waals surface area contributed by atoms with Crippen LogP contribution in [0.2, 0.25) is 0 Å². The number of nitrogens with zero attached hydrogens (tertiary/aromatic N) is 1. The standard InChI is InChI=1S/C45H74N2O5/c1-27(2)31-16-17-32-28(24-37(48)46-29-12-14-30(15-13-29)47(10)11)25-45(9)33(39(31)32)18-19-35-43(7)22-21-36(52-38(49)26-41(3,4)40(50)51)42(5,6)34(43)20-23-44(35,45)8/h28-36,39H,1,12-26H2,2-11H3,(H,46,48)(H,50,51)/t28-,29-,30-,31-,32?,33+,34-,35+,36-,39-,43-,44+,45+/m0/s1. The van der Waals surface area contributed by atoms with Crippen LogP contribution in [0, 0.1) is 68.5 Å². The first-order chi connectivity index (χ1) is 24.2. The molecule has 0 saturated heterocycles. The Morgan fingerprint density at radius 2 is 1.54 bits per heavy atom. The van der Waals surface area contributed by atoms with Crippen molar-refractivity contribution < 1.29 is 24.2 Å². The Bertz CT molecular complexity index is 1400. The number of allylic oxidation sites excluding steroid dienone is 1. The van der Waals surface area contributed by atoms with Crippen LogP contribution in [0.4, 0.5) is 0 Å². The molecule has 0 aromatic heterocycles. The van der Waals surface area contributed by atoms with Gasteiger partial charge in [-0.15, -0.1) is 0 Å². The van der Waals surface area contributed by atoms with Gasteiger partial charge in [-0.05, 0) is 176 Å². The van der Waals surface area contributed by atoms with Gasteiger partial charge in [0.15, 0.2) is 0 Å². The zero-order valence-corrected chi connectivity index (χ0v) is 34.6. The van der Waals surface area contributed by atoms with Crippen molar-refractivity contribution in [1.82, 2.24) is 10.2 Å². The van der Waals surface area contributed by atoms with Crippen LogP contribution in [0.3, 0.4) is 0 Å². The molecule has 11 atom stereocenters. The van der Waals surface area contributed by atoms with Gasteiger partial charge < -0.3 is 20.1 Å². The van der Waals surface area contributed by atoms with Crippen LogP contribution in [0.15, 0.2) is 12.2 Å². The van der Waals surface area contributed by atoms with E-state index in [0.717, 1.165) is 51.4 Å². The van der Waals surface area contributed by atoms with Gasteiger partial charge in [0, 0.05) is 23.9 Å². The summed E-state index contributed by atoms with van der Waals surface area (Å²) in [5.74, 6) is 2.78. The summed E-state index contributed by atoms with van der Waals surface area (Å²) < 4.78 is 6.21. The summed E-state index contributed by atoms with van der Waals surface area (Å²) >= 11 is 0. The van der Waals surface area contributed by atoms with E-state index in [4.69, 9.17) is 4.74 Å². The second kappa shape index (κ2) is 14.0. The monoisotopic (exact) mass is 723 g/mol. The second-order valence-electron chi connectivity index (χ2n) is 21.3. The molecule has 0 spiro atoms. The summed E-state index contributed by atoms with van der Waals surface area (Å²) in [7, 11) is 4.35. The number of hydrogen-bond acceptors (Lipinski definition) is 5. The molecule has 2 N–H and O–H groups in total. The van der Waals surface area contributed by atoms with Crippen molar-refractivity contribution in [2.75, 3.05) is 14.1 Å². The van der Waals surface area contributed by atoms with Crippen molar-refractivity contribution in [3.63, 3.8) is 0 Å². The molecule has 1 amide bonds. The third-order valence-corrected chi connectivity index (χ3v) is 17.7. The van der Waals surface area contributed by atoms with Crippen molar-refractivity contribution >= 4 is 17.8 Å². The van der Waals surface area contributed by atoms with Crippen LogP contribution in [0.1, 0.15) is 152 Å². The molecule has 294 valence electrons. The number of amides is 1.